The van der Waals surface area contributed by atoms with Crippen molar-refractivity contribution in [3.05, 3.63) is 18.2 Å². The summed E-state index contributed by atoms with van der Waals surface area (Å²) in [5.74, 6) is 15.0. The zero-order valence-corrected chi connectivity index (χ0v) is 17.7. The Morgan fingerprint density at radius 2 is 1.48 bits per heavy atom. The lowest BCUT2D eigenvalue weighted by atomic mass is 10.1. The van der Waals surface area contributed by atoms with Crippen molar-refractivity contribution in [1.82, 2.24) is 0 Å². The van der Waals surface area contributed by atoms with Gasteiger partial charge in [-0.05, 0) is 42.7 Å². The maximum atomic E-state index is 10.1. The minimum Gasteiger partial charge on any atom is -0.504 e. The highest BCUT2D eigenvalue weighted by Gasteiger charge is 2.10. The molecule has 0 radical (unpaired) electrons. The maximum absolute atomic E-state index is 10.1. The van der Waals surface area contributed by atoms with E-state index < -0.39 is 0 Å². The van der Waals surface area contributed by atoms with Crippen molar-refractivity contribution in [2.45, 2.75) is 65.2 Å². The van der Waals surface area contributed by atoms with E-state index >= 15 is 0 Å². The highest BCUT2D eigenvalue weighted by molar-refractivity contribution is 5.56. The predicted octanol–water partition coefficient (Wildman–Crippen LogP) is 5.34. The van der Waals surface area contributed by atoms with Crippen LogP contribution in [0.1, 0.15) is 65.2 Å². The number of rotatable bonds is 12. The largest absolute Gasteiger partial charge is 0.504 e. The number of hydrogen-bond donors (Lipinski definition) is 1. The molecule has 1 rings (SSSR count). The molecule has 1 aromatic rings. The second-order valence-electron chi connectivity index (χ2n) is 6.73. The van der Waals surface area contributed by atoms with Gasteiger partial charge in [-0.15, -0.1) is 6.42 Å². The molecule has 0 fully saturated rings. The van der Waals surface area contributed by atoms with Crippen LogP contribution in [0.25, 0.3) is 0 Å². The highest BCUT2D eigenvalue weighted by Crippen LogP contribution is 2.31. The van der Waals surface area contributed by atoms with E-state index in [-0.39, 0.29) is 5.75 Å². The topological polar surface area (TPSA) is 32.7 Å². The van der Waals surface area contributed by atoms with E-state index in [0.717, 1.165) is 31.6 Å². The summed E-state index contributed by atoms with van der Waals surface area (Å²) in [6.07, 6.45) is 17.2. The van der Waals surface area contributed by atoms with Crippen LogP contribution in [0.2, 0.25) is 0 Å². The van der Waals surface area contributed by atoms with Gasteiger partial charge in [-0.1, -0.05) is 52.4 Å². The van der Waals surface area contributed by atoms with E-state index in [1.807, 2.05) is 12.1 Å². The van der Waals surface area contributed by atoms with Gasteiger partial charge in [0.15, 0.2) is 11.5 Å². The fraction of sp³-hybridized carbons (Fsp3) is 0.462. The van der Waals surface area contributed by atoms with E-state index in [9.17, 15) is 5.11 Å². The Morgan fingerprint density at radius 3 is 2.10 bits per heavy atom. The maximum Gasteiger partial charge on any atom is 0.183 e. The highest BCUT2D eigenvalue weighted by atomic mass is 16.5. The molecule has 0 aliphatic rings. The molecule has 0 amide bonds. The van der Waals surface area contributed by atoms with Gasteiger partial charge in [-0.2, -0.15) is 0 Å². The monoisotopic (exact) mass is 389 g/mol. The average Bonchev–Trinajstić information content (AvgIpc) is 2.73. The van der Waals surface area contributed by atoms with Gasteiger partial charge in [0.1, 0.15) is 6.11 Å². The van der Waals surface area contributed by atoms with Gasteiger partial charge in [0.2, 0.25) is 0 Å². The lowest BCUT2D eigenvalue weighted by molar-refractivity contribution is 0.425. The fourth-order valence-electron chi connectivity index (χ4n) is 2.85. The first-order valence-corrected chi connectivity index (χ1v) is 10.4. The van der Waals surface area contributed by atoms with E-state index in [4.69, 9.17) is 11.2 Å². The Hall–Kier alpha value is -3.14. The molecule has 0 aliphatic heterocycles. The standard InChI is InChI=1S/C26H31NO2/c1-4-7-10-13-14-17-22-29-26-23-24(18-19-25(26)28)27(20-15-11-8-5-2)21-16-12-9-6-3/h1,18-19,23,28H,5-6,8-9,11-12,15-16,20-21H2,2-3H3. The van der Waals surface area contributed by atoms with Gasteiger partial charge in [0.25, 0.3) is 0 Å². The molecule has 0 heterocycles. The van der Waals surface area contributed by atoms with Gasteiger partial charge in [-0.25, -0.2) is 0 Å². The summed E-state index contributed by atoms with van der Waals surface area (Å²) < 4.78 is 5.39. The quantitative estimate of drug-likeness (QED) is 0.387. The Labute approximate surface area is 176 Å². The van der Waals surface area contributed by atoms with Gasteiger partial charge in [0, 0.05) is 42.6 Å². The molecule has 0 aliphatic carbocycles. The summed E-state index contributed by atoms with van der Waals surface area (Å²) in [6.45, 7) is 6.45. The van der Waals surface area contributed by atoms with Crippen LogP contribution in [0.3, 0.4) is 0 Å². The second-order valence-corrected chi connectivity index (χ2v) is 6.73. The summed E-state index contributed by atoms with van der Waals surface area (Å²) in [5, 5.41) is 10.1. The number of aromatic hydroxyl groups is 1. The molecule has 0 bridgehead atoms. The van der Waals surface area contributed by atoms with Crippen LogP contribution in [-0.2, 0) is 0 Å². The van der Waals surface area contributed by atoms with Crippen LogP contribution in [-0.4, -0.2) is 18.2 Å². The van der Waals surface area contributed by atoms with Crippen LogP contribution >= 0.6 is 0 Å². The van der Waals surface area contributed by atoms with E-state index in [0.29, 0.717) is 5.75 Å². The molecule has 0 saturated heterocycles. The number of unbranched alkanes of at least 4 members (excludes halogenated alkanes) is 6. The van der Waals surface area contributed by atoms with Gasteiger partial charge >= 0.3 is 0 Å². The first-order valence-electron chi connectivity index (χ1n) is 10.4. The van der Waals surface area contributed by atoms with Crippen LogP contribution in [0.4, 0.5) is 5.69 Å². The number of nitrogens with zero attached hydrogens (tertiary/aromatic N) is 1. The summed E-state index contributed by atoms with van der Waals surface area (Å²) in [7, 11) is 0. The van der Waals surface area contributed by atoms with E-state index in [2.05, 4.69) is 60.4 Å². The fourth-order valence-corrected chi connectivity index (χ4v) is 2.85. The first kappa shape index (κ1) is 23.9. The molecule has 0 spiro atoms. The molecule has 3 heteroatoms. The lowest BCUT2D eigenvalue weighted by Crippen LogP contribution is -2.25. The Bertz CT molecular complexity index is 819. The molecule has 0 atom stereocenters. The van der Waals surface area contributed by atoms with Crippen molar-refractivity contribution < 1.29 is 9.84 Å². The van der Waals surface area contributed by atoms with Crippen LogP contribution < -0.4 is 9.64 Å². The molecule has 1 N–H and O–H groups in total. The normalized spacial score (nSPS) is 9.00. The number of benzene rings is 1. The van der Waals surface area contributed by atoms with Crippen LogP contribution in [0.5, 0.6) is 11.5 Å². The molecular formula is C26H31NO2. The van der Waals surface area contributed by atoms with Crippen molar-refractivity contribution in [2.24, 2.45) is 0 Å². The SMILES string of the molecule is C#CC#CC#CC#COc1cc(N(CCCCCC)CCCCCC)ccc1O. The Balaban J connectivity index is 2.83. The third-order valence-electron chi connectivity index (χ3n) is 4.41. The molecule has 29 heavy (non-hydrogen) atoms. The Morgan fingerprint density at radius 1 is 0.862 bits per heavy atom. The smallest absolute Gasteiger partial charge is 0.183 e. The second kappa shape index (κ2) is 15.9. The molecule has 1 aromatic carbocycles. The van der Waals surface area contributed by atoms with Gasteiger partial charge in [0.05, 0.1) is 0 Å². The Kier molecular flexibility index (Phi) is 13.1. The van der Waals surface area contributed by atoms with Crippen molar-refractivity contribution in [3.8, 4) is 59.6 Å². The number of phenolic OH excluding ortho intramolecular Hbond substituents is 1. The molecular weight excluding hydrogens is 358 g/mol. The van der Waals surface area contributed by atoms with Crippen LogP contribution in [0.15, 0.2) is 18.2 Å². The van der Waals surface area contributed by atoms with E-state index in [1.54, 1.807) is 6.07 Å². The summed E-state index contributed by atoms with van der Waals surface area (Å²) in [4.78, 5) is 2.38. The van der Waals surface area contributed by atoms with Crippen molar-refractivity contribution >= 4 is 5.69 Å². The first-order chi connectivity index (χ1) is 14.2. The minimum atomic E-state index is 0.0556. The van der Waals surface area contributed by atoms with Crippen molar-refractivity contribution in [2.75, 3.05) is 18.0 Å². The predicted molar refractivity (Wildman–Crippen MR) is 121 cm³/mol. The zero-order valence-electron chi connectivity index (χ0n) is 17.7. The molecule has 0 aromatic heterocycles. The number of hydrogen-bond acceptors (Lipinski definition) is 3. The molecule has 3 nitrogen and oxygen atoms in total. The summed E-state index contributed by atoms with van der Waals surface area (Å²) >= 11 is 0. The molecule has 152 valence electrons. The number of terminal acetylenes is 1. The van der Waals surface area contributed by atoms with Gasteiger partial charge in [-0.3, -0.25) is 0 Å². The lowest BCUT2D eigenvalue weighted by Gasteiger charge is -2.25. The average molecular weight is 390 g/mol. The zero-order chi connectivity index (χ0) is 21.2. The summed E-state index contributed by atoms with van der Waals surface area (Å²) in [6, 6.07) is 5.43. The number of ether oxygens (including phenoxy) is 1. The summed E-state index contributed by atoms with van der Waals surface area (Å²) in [5.41, 5.74) is 1.04. The number of phenols is 1. The number of anilines is 1. The van der Waals surface area contributed by atoms with Crippen LogP contribution in [0, 0.1) is 48.1 Å². The van der Waals surface area contributed by atoms with E-state index in [1.165, 1.54) is 38.5 Å². The molecule has 0 unspecified atom stereocenters. The minimum absolute atomic E-state index is 0.0556. The third kappa shape index (κ3) is 10.7. The third-order valence-corrected chi connectivity index (χ3v) is 4.41. The van der Waals surface area contributed by atoms with Crippen molar-refractivity contribution in [1.29, 1.82) is 0 Å². The van der Waals surface area contributed by atoms with Gasteiger partial charge < -0.3 is 14.7 Å². The molecule has 0 saturated carbocycles. The van der Waals surface area contributed by atoms with Crippen molar-refractivity contribution in [3.63, 3.8) is 0 Å².